The summed E-state index contributed by atoms with van der Waals surface area (Å²) in [7, 11) is 0. The molecule has 1 aromatic heterocycles. The van der Waals surface area contributed by atoms with Gasteiger partial charge in [0.05, 0.1) is 11.4 Å². The van der Waals surface area contributed by atoms with Crippen LogP contribution in [-0.2, 0) is 0 Å². The lowest BCUT2D eigenvalue weighted by atomic mass is 10.2. The number of aliphatic hydroxyl groups is 1. The highest BCUT2D eigenvalue weighted by Gasteiger charge is 2.08. The van der Waals surface area contributed by atoms with Gasteiger partial charge >= 0.3 is 0 Å². The van der Waals surface area contributed by atoms with Crippen molar-refractivity contribution in [3.8, 4) is 0 Å². The number of nitrogen functional groups attached to an aromatic ring is 1. The fraction of sp³-hybridized carbons (Fsp3) is 0.333. The SMILES string of the molecule is Nc1ccc(NCCCO)c2nonc12. The zero-order chi connectivity index (χ0) is 10.7. The summed E-state index contributed by atoms with van der Waals surface area (Å²) < 4.78 is 4.62. The Morgan fingerprint density at radius 3 is 2.93 bits per heavy atom. The fourth-order valence-corrected chi connectivity index (χ4v) is 1.33. The Hall–Kier alpha value is -1.82. The molecule has 80 valence electrons. The van der Waals surface area contributed by atoms with Crippen molar-refractivity contribution in [2.24, 2.45) is 0 Å². The topological polar surface area (TPSA) is 97.2 Å². The molecule has 0 saturated carbocycles. The van der Waals surface area contributed by atoms with Gasteiger partial charge in [0.25, 0.3) is 0 Å². The molecule has 0 saturated heterocycles. The van der Waals surface area contributed by atoms with Crippen molar-refractivity contribution in [2.75, 3.05) is 24.2 Å². The minimum absolute atomic E-state index is 0.155. The molecule has 0 aliphatic carbocycles. The second-order valence-electron chi connectivity index (χ2n) is 3.17. The van der Waals surface area contributed by atoms with Crippen molar-refractivity contribution in [3.05, 3.63) is 12.1 Å². The maximum absolute atomic E-state index is 8.66. The van der Waals surface area contributed by atoms with E-state index in [2.05, 4.69) is 20.3 Å². The molecule has 1 heterocycles. The van der Waals surface area contributed by atoms with Crippen LogP contribution in [-0.4, -0.2) is 28.6 Å². The molecule has 0 aliphatic rings. The standard InChI is InChI=1S/C9H12N4O2/c10-6-2-3-7(11-4-1-5-14)9-8(6)12-15-13-9/h2-3,11,14H,1,4-5,10H2. The summed E-state index contributed by atoms with van der Waals surface area (Å²) in [4.78, 5) is 0. The molecule has 6 nitrogen and oxygen atoms in total. The number of nitrogens with one attached hydrogen (secondary N) is 1. The van der Waals surface area contributed by atoms with Crippen LogP contribution < -0.4 is 11.1 Å². The molecule has 0 atom stereocenters. The summed E-state index contributed by atoms with van der Waals surface area (Å²) in [5.41, 5.74) is 8.23. The Morgan fingerprint density at radius 1 is 1.33 bits per heavy atom. The van der Waals surface area contributed by atoms with Crippen LogP contribution in [0.2, 0.25) is 0 Å². The third-order valence-electron chi connectivity index (χ3n) is 2.10. The third kappa shape index (κ3) is 1.84. The summed E-state index contributed by atoms with van der Waals surface area (Å²) in [5.74, 6) is 0. The van der Waals surface area contributed by atoms with E-state index in [1.165, 1.54) is 0 Å². The number of benzene rings is 1. The quantitative estimate of drug-likeness (QED) is 0.503. The largest absolute Gasteiger partial charge is 0.397 e. The predicted octanol–water partition coefficient (Wildman–Crippen LogP) is 0.599. The zero-order valence-electron chi connectivity index (χ0n) is 8.10. The first-order valence-corrected chi connectivity index (χ1v) is 4.68. The lowest BCUT2D eigenvalue weighted by Crippen LogP contribution is -2.04. The molecule has 0 amide bonds. The Kier molecular flexibility index (Phi) is 2.68. The maximum Gasteiger partial charge on any atom is 0.160 e. The van der Waals surface area contributed by atoms with Crippen LogP contribution in [0.4, 0.5) is 11.4 Å². The average molecular weight is 208 g/mol. The van der Waals surface area contributed by atoms with E-state index >= 15 is 0 Å². The van der Waals surface area contributed by atoms with Crippen molar-refractivity contribution in [2.45, 2.75) is 6.42 Å². The maximum atomic E-state index is 8.66. The van der Waals surface area contributed by atoms with Gasteiger partial charge in [0, 0.05) is 13.2 Å². The van der Waals surface area contributed by atoms with Gasteiger partial charge in [-0.15, -0.1) is 0 Å². The van der Waals surface area contributed by atoms with Crippen molar-refractivity contribution in [1.82, 2.24) is 10.3 Å². The predicted molar refractivity (Wildman–Crippen MR) is 56.4 cm³/mol. The number of fused-ring (bicyclic) bond motifs is 1. The normalized spacial score (nSPS) is 10.7. The van der Waals surface area contributed by atoms with Crippen molar-refractivity contribution in [1.29, 1.82) is 0 Å². The van der Waals surface area contributed by atoms with E-state index in [4.69, 9.17) is 10.8 Å². The number of nitrogens with zero attached hydrogens (tertiary/aromatic N) is 2. The smallest absolute Gasteiger partial charge is 0.160 e. The zero-order valence-corrected chi connectivity index (χ0v) is 8.10. The van der Waals surface area contributed by atoms with Gasteiger partial charge in [-0.3, -0.25) is 0 Å². The highest BCUT2D eigenvalue weighted by Crippen LogP contribution is 2.24. The number of aliphatic hydroxyl groups excluding tert-OH is 1. The molecule has 0 bridgehead atoms. The van der Waals surface area contributed by atoms with Crippen LogP contribution in [0.15, 0.2) is 16.8 Å². The van der Waals surface area contributed by atoms with Gasteiger partial charge in [-0.25, -0.2) is 4.63 Å². The molecule has 0 radical (unpaired) electrons. The number of hydrogen-bond donors (Lipinski definition) is 3. The van der Waals surface area contributed by atoms with Gasteiger partial charge in [-0.05, 0) is 28.9 Å². The monoisotopic (exact) mass is 208 g/mol. The third-order valence-corrected chi connectivity index (χ3v) is 2.10. The molecular formula is C9H12N4O2. The van der Waals surface area contributed by atoms with E-state index in [1.54, 1.807) is 6.07 Å². The van der Waals surface area contributed by atoms with Crippen LogP contribution >= 0.6 is 0 Å². The Labute approximate surface area is 86.0 Å². The first-order valence-electron chi connectivity index (χ1n) is 4.68. The Balaban J connectivity index is 2.27. The molecule has 0 spiro atoms. The Morgan fingerprint density at radius 2 is 2.13 bits per heavy atom. The highest BCUT2D eigenvalue weighted by molar-refractivity contribution is 5.94. The summed E-state index contributed by atoms with van der Waals surface area (Å²) in [6.07, 6.45) is 0.678. The minimum atomic E-state index is 0.155. The van der Waals surface area contributed by atoms with Crippen LogP contribution in [0, 0.1) is 0 Å². The number of nitrogens with two attached hydrogens (primary N) is 1. The summed E-state index contributed by atoms with van der Waals surface area (Å²) in [5, 5.41) is 19.3. The lowest BCUT2D eigenvalue weighted by Gasteiger charge is -2.05. The first kappa shape index (κ1) is 9.72. The molecule has 2 rings (SSSR count). The van der Waals surface area contributed by atoms with E-state index in [0.29, 0.717) is 29.7 Å². The van der Waals surface area contributed by atoms with E-state index in [0.717, 1.165) is 5.69 Å². The summed E-state index contributed by atoms with van der Waals surface area (Å²) >= 11 is 0. The van der Waals surface area contributed by atoms with Crippen LogP contribution in [0.1, 0.15) is 6.42 Å². The molecule has 6 heteroatoms. The average Bonchev–Trinajstić information content (AvgIpc) is 2.71. The van der Waals surface area contributed by atoms with E-state index < -0.39 is 0 Å². The van der Waals surface area contributed by atoms with Gasteiger partial charge in [0.2, 0.25) is 0 Å². The van der Waals surface area contributed by atoms with E-state index in [-0.39, 0.29) is 6.61 Å². The van der Waals surface area contributed by atoms with Crippen molar-refractivity contribution >= 4 is 22.4 Å². The molecule has 0 aliphatic heterocycles. The van der Waals surface area contributed by atoms with Gasteiger partial charge in [0.1, 0.15) is 0 Å². The second-order valence-corrected chi connectivity index (χ2v) is 3.17. The van der Waals surface area contributed by atoms with Gasteiger partial charge < -0.3 is 16.2 Å². The van der Waals surface area contributed by atoms with Gasteiger partial charge in [0.15, 0.2) is 11.0 Å². The summed E-state index contributed by atoms with van der Waals surface area (Å²) in [6, 6.07) is 3.56. The first-order chi connectivity index (χ1) is 7.33. The number of hydrogen-bond acceptors (Lipinski definition) is 6. The fourth-order valence-electron chi connectivity index (χ4n) is 1.33. The van der Waals surface area contributed by atoms with Gasteiger partial charge in [-0.1, -0.05) is 0 Å². The second kappa shape index (κ2) is 4.14. The lowest BCUT2D eigenvalue weighted by molar-refractivity contribution is 0.292. The number of anilines is 2. The van der Waals surface area contributed by atoms with Crippen LogP contribution in [0.3, 0.4) is 0 Å². The van der Waals surface area contributed by atoms with Crippen molar-refractivity contribution in [3.63, 3.8) is 0 Å². The van der Waals surface area contributed by atoms with E-state index in [9.17, 15) is 0 Å². The summed E-state index contributed by atoms with van der Waals surface area (Å²) in [6.45, 7) is 0.824. The van der Waals surface area contributed by atoms with Crippen LogP contribution in [0.25, 0.3) is 11.0 Å². The van der Waals surface area contributed by atoms with Crippen molar-refractivity contribution < 1.29 is 9.74 Å². The minimum Gasteiger partial charge on any atom is -0.397 e. The molecule has 4 N–H and O–H groups in total. The van der Waals surface area contributed by atoms with Crippen LogP contribution in [0.5, 0.6) is 0 Å². The van der Waals surface area contributed by atoms with Gasteiger partial charge in [-0.2, -0.15) is 0 Å². The molecule has 2 aromatic rings. The molecule has 15 heavy (non-hydrogen) atoms. The molecule has 0 fully saturated rings. The highest BCUT2D eigenvalue weighted by atomic mass is 16.6. The molecule has 1 aromatic carbocycles. The number of aromatic nitrogens is 2. The molecule has 0 unspecified atom stereocenters. The van der Waals surface area contributed by atoms with E-state index in [1.807, 2.05) is 6.07 Å². The number of rotatable bonds is 4. The molecular weight excluding hydrogens is 196 g/mol. The Bertz CT molecular complexity index is 454.